The Hall–Kier alpha value is -2.21. The van der Waals surface area contributed by atoms with Crippen LogP contribution in [0.25, 0.3) is 0 Å². The molecule has 1 aromatic rings. The zero-order valence-corrected chi connectivity index (χ0v) is 13.6. The van der Waals surface area contributed by atoms with Crippen LogP contribution in [0.1, 0.15) is 37.0 Å². The summed E-state index contributed by atoms with van der Waals surface area (Å²) in [5.74, 6) is -0.369. The zero-order valence-electron chi connectivity index (χ0n) is 13.6. The van der Waals surface area contributed by atoms with E-state index < -0.39 is 0 Å². The summed E-state index contributed by atoms with van der Waals surface area (Å²) in [4.78, 5) is 36.0. The second-order valence-corrected chi connectivity index (χ2v) is 6.18. The Morgan fingerprint density at radius 3 is 2.22 bits per heavy atom. The molecule has 0 bridgehead atoms. The highest BCUT2D eigenvalue weighted by Gasteiger charge is 2.31. The van der Waals surface area contributed by atoms with Gasteiger partial charge in [0, 0.05) is 30.0 Å². The van der Waals surface area contributed by atoms with Gasteiger partial charge in [-0.2, -0.15) is 0 Å². The van der Waals surface area contributed by atoms with Crippen LogP contribution in [0.4, 0.5) is 5.69 Å². The second-order valence-electron chi connectivity index (χ2n) is 6.18. The molecule has 0 saturated carbocycles. The van der Waals surface area contributed by atoms with Gasteiger partial charge in [0.1, 0.15) is 0 Å². The molecule has 0 unspecified atom stereocenters. The number of likely N-dealkylation sites (tertiary alicyclic amines) is 1. The lowest BCUT2D eigenvalue weighted by molar-refractivity contribution is -0.919. The summed E-state index contributed by atoms with van der Waals surface area (Å²) in [6.45, 7) is 4.94. The average molecular weight is 318 g/mol. The number of carbonyl (C=O) groups is 3. The third-order valence-corrected chi connectivity index (χ3v) is 4.59. The number of quaternary nitrogens is 1. The van der Waals surface area contributed by atoms with Crippen molar-refractivity contribution in [3.8, 4) is 0 Å². The number of carbonyl (C=O) groups excluding carboxylic acids is 3. The highest BCUT2D eigenvalue weighted by Crippen LogP contribution is 2.11. The highest BCUT2D eigenvalue weighted by atomic mass is 16.2. The van der Waals surface area contributed by atoms with Crippen molar-refractivity contribution in [2.45, 2.75) is 32.7 Å². The molecule has 2 amide bonds. The van der Waals surface area contributed by atoms with Crippen LogP contribution in [-0.2, 0) is 9.59 Å². The van der Waals surface area contributed by atoms with Crippen LogP contribution in [0.3, 0.4) is 0 Å². The fourth-order valence-electron chi connectivity index (χ4n) is 2.93. The summed E-state index contributed by atoms with van der Waals surface area (Å²) >= 11 is 0. The average Bonchev–Trinajstić information content (AvgIpc) is 2.54. The molecule has 2 rings (SSSR count). The van der Waals surface area contributed by atoms with Gasteiger partial charge in [-0.3, -0.25) is 14.4 Å². The maximum atomic E-state index is 12.4. The second kappa shape index (κ2) is 7.37. The van der Waals surface area contributed by atoms with Crippen LogP contribution >= 0.6 is 0 Å². The number of nitrogens with one attached hydrogen (secondary N) is 2. The van der Waals surface area contributed by atoms with Crippen molar-refractivity contribution in [1.29, 1.82) is 0 Å². The molecular formula is C17H24N3O3+. The first-order valence-electron chi connectivity index (χ1n) is 7.94. The minimum atomic E-state index is -0.244. The number of hydrogen-bond donors (Lipinski definition) is 3. The predicted molar refractivity (Wildman–Crippen MR) is 87.2 cm³/mol. The first-order chi connectivity index (χ1) is 10.9. The zero-order chi connectivity index (χ0) is 17.0. The summed E-state index contributed by atoms with van der Waals surface area (Å²) in [5.41, 5.74) is 6.63. The van der Waals surface area contributed by atoms with Gasteiger partial charge in [0.15, 0.2) is 11.8 Å². The lowest BCUT2D eigenvalue weighted by Crippen LogP contribution is -3.17. The molecule has 0 aliphatic carbocycles. The van der Waals surface area contributed by atoms with Crippen molar-refractivity contribution in [1.82, 2.24) is 0 Å². The standard InChI is InChI=1S/C17H23N3O3/c1-11(20-9-7-14(8-10-20)16(18)22)17(23)19-15-5-3-13(4-6-15)12(2)21/h3-6,11,14H,7-10H2,1-2H3,(H2,18,22)(H,19,23)/p+1/t11-/m1/s1. The van der Waals surface area contributed by atoms with E-state index in [0.717, 1.165) is 25.9 Å². The van der Waals surface area contributed by atoms with E-state index in [1.165, 1.54) is 11.8 Å². The Balaban J connectivity index is 1.90. The van der Waals surface area contributed by atoms with E-state index in [1.54, 1.807) is 24.3 Å². The lowest BCUT2D eigenvalue weighted by Gasteiger charge is -2.31. The topological polar surface area (TPSA) is 93.7 Å². The molecule has 6 heteroatoms. The number of primary amides is 1. The van der Waals surface area contributed by atoms with Gasteiger partial charge in [0.25, 0.3) is 5.91 Å². The Labute approximate surface area is 136 Å². The number of rotatable bonds is 5. The van der Waals surface area contributed by atoms with Crippen LogP contribution in [0.5, 0.6) is 0 Å². The van der Waals surface area contributed by atoms with Crippen molar-refractivity contribution < 1.29 is 19.3 Å². The largest absolute Gasteiger partial charge is 0.369 e. The van der Waals surface area contributed by atoms with Gasteiger partial charge >= 0.3 is 0 Å². The monoisotopic (exact) mass is 318 g/mol. The molecule has 1 atom stereocenters. The number of hydrogen-bond acceptors (Lipinski definition) is 3. The molecule has 0 radical (unpaired) electrons. The summed E-state index contributed by atoms with van der Waals surface area (Å²) in [5, 5.41) is 2.88. The Kier molecular flexibility index (Phi) is 5.50. The summed E-state index contributed by atoms with van der Waals surface area (Å²) in [6.07, 6.45) is 1.46. The quantitative estimate of drug-likeness (QED) is 0.667. The fraction of sp³-hybridized carbons (Fsp3) is 0.471. The molecule has 1 heterocycles. The maximum Gasteiger partial charge on any atom is 0.282 e. The number of anilines is 1. The molecule has 6 nitrogen and oxygen atoms in total. The van der Waals surface area contributed by atoms with Crippen LogP contribution in [0.15, 0.2) is 24.3 Å². The molecule has 23 heavy (non-hydrogen) atoms. The van der Waals surface area contributed by atoms with Gasteiger partial charge in [-0.25, -0.2) is 0 Å². The molecule has 1 aliphatic heterocycles. The van der Waals surface area contributed by atoms with Gasteiger partial charge in [0.05, 0.1) is 13.1 Å². The molecule has 1 aliphatic rings. The molecule has 1 saturated heterocycles. The number of piperidine rings is 1. The molecule has 1 fully saturated rings. The molecule has 0 aromatic heterocycles. The van der Waals surface area contributed by atoms with Crippen molar-refractivity contribution in [2.75, 3.05) is 18.4 Å². The summed E-state index contributed by atoms with van der Waals surface area (Å²) in [7, 11) is 0. The third kappa shape index (κ3) is 4.39. The van der Waals surface area contributed by atoms with E-state index >= 15 is 0 Å². The van der Waals surface area contributed by atoms with Crippen molar-refractivity contribution in [3.63, 3.8) is 0 Å². The highest BCUT2D eigenvalue weighted by molar-refractivity contribution is 5.96. The van der Waals surface area contributed by atoms with Gasteiger partial charge in [-0.1, -0.05) is 0 Å². The number of nitrogens with two attached hydrogens (primary N) is 1. The van der Waals surface area contributed by atoms with Crippen LogP contribution in [0.2, 0.25) is 0 Å². The van der Waals surface area contributed by atoms with Crippen molar-refractivity contribution in [2.24, 2.45) is 11.7 Å². The first-order valence-corrected chi connectivity index (χ1v) is 7.94. The summed E-state index contributed by atoms with van der Waals surface area (Å²) in [6, 6.07) is 6.67. The smallest absolute Gasteiger partial charge is 0.282 e. The van der Waals surface area contributed by atoms with E-state index in [1.807, 2.05) is 6.92 Å². The normalized spacial score (nSPS) is 22.2. The molecule has 4 N–H and O–H groups in total. The molecule has 0 spiro atoms. The van der Waals surface area contributed by atoms with E-state index in [9.17, 15) is 14.4 Å². The van der Waals surface area contributed by atoms with Gasteiger partial charge < -0.3 is 16.0 Å². The first kappa shape index (κ1) is 17.1. The van der Waals surface area contributed by atoms with Crippen molar-refractivity contribution in [3.05, 3.63) is 29.8 Å². The minimum absolute atomic E-state index is 0.00184. The van der Waals surface area contributed by atoms with Gasteiger partial charge in [0.2, 0.25) is 5.91 Å². The number of ketones is 1. The lowest BCUT2D eigenvalue weighted by atomic mass is 9.95. The number of Topliss-reactive ketones (excluding diaryl/α,β-unsaturated/α-hetero) is 1. The fourth-order valence-corrected chi connectivity index (χ4v) is 2.93. The van der Waals surface area contributed by atoms with E-state index in [2.05, 4.69) is 5.32 Å². The van der Waals surface area contributed by atoms with E-state index in [-0.39, 0.29) is 29.6 Å². The maximum absolute atomic E-state index is 12.4. The molecular weight excluding hydrogens is 294 g/mol. The van der Waals surface area contributed by atoms with Crippen LogP contribution in [0, 0.1) is 5.92 Å². The minimum Gasteiger partial charge on any atom is -0.369 e. The SMILES string of the molecule is CC(=O)c1ccc(NC(=O)[C@@H](C)[NH+]2CCC(C(N)=O)CC2)cc1. The third-order valence-electron chi connectivity index (χ3n) is 4.59. The molecule has 1 aromatic carbocycles. The van der Waals surface area contributed by atoms with E-state index in [0.29, 0.717) is 11.3 Å². The van der Waals surface area contributed by atoms with Crippen LogP contribution < -0.4 is 16.0 Å². The van der Waals surface area contributed by atoms with Gasteiger partial charge in [-0.05, 0) is 38.1 Å². The molecule has 124 valence electrons. The Bertz CT molecular complexity index is 590. The summed E-state index contributed by atoms with van der Waals surface area (Å²) < 4.78 is 0. The van der Waals surface area contributed by atoms with Crippen molar-refractivity contribution >= 4 is 23.3 Å². The van der Waals surface area contributed by atoms with Crippen LogP contribution in [-0.4, -0.2) is 36.7 Å². The Morgan fingerprint density at radius 1 is 1.17 bits per heavy atom. The van der Waals surface area contributed by atoms with E-state index in [4.69, 9.17) is 5.73 Å². The van der Waals surface area contributed by atoms with Gasteiger partial charge in [-0.15, -0.1) is 0 Å². The predicted octanol–water partition coefficient (Wildman–Crippen LogP) is -0.00360. The number of benzene rings is 1. The Morgan fingerprint density at radius 2 is 1.74 bits per heavy atom. The number of amides is 2.